The molecule has 1 fully saturated rings. The van der Waals surface area contributed by atoms with E-state index in [1.54, 1.807) is 11.8 Å². The fraction of sp³-hybridized carbons (Fsp3) is 0.474. The first-order chi connectivity index (χ1) is 12.2. The summed E-state index contributed by atoms with van der Waals surface area (Å²) in [7, 11) is 0. The second kappa shape index (κ2) is 9.36. The molecule has 1 aromatic carbocycles. The van der Waals surface area contributed by atoms with Crippen molar-refractivity contribution in [3.63, 3.8) is 0 Å². The van der Waals surface area contributed by atoms with Crippen LogP contribution in [0.4, 0.5) is 0 Å². The third-order valence-electron chi connectivity index (χ3n) is 4.51. The molecular weight excluding hydrogens is 350 g/mol. The van der Waals surface area contributed by atoms with Crippen LogP contribution in [0.3, 0.4) is 0 Å². The molecule has 1 amide bonds. The Morgan fingerprint density at radius 2 is 2.24 bits per heavy atom. The molecule has 134 valence electrons. The standard InChI is InChI=1S/C19H25N3OS2/c1-24-19-21-17(14-25-19)18(23)20-16-10-6-12-22(13-16)11-5-9-15-7-3-2-4-8-15/h2-4,7-8,14,16H,5-6,9-13H2,1H3,(H,20,23). The first-order valence-electron chi connectivity index (χ1n) is 8.81. The topological polar surface area (TPSA) is 45.2 Å². The molecule has 6 heteroatoms. The number of benzene rings is 1. The van der Waals surface area contributed by atoms with E-state index in [-0.39, 0.29) is 11.9 Å². The van der Waals surface area contributed by atoms with Gasteiger partial charge in [0, 0.05) is 18.0 Å². The van der Waals surface area contributed by atoms with Crippen molar-refractivity contribution in [1.82, 2.24) is 15.2 Å². The fourth-order valence-electron chi connectivity index (χ4n) is 3.24. The van der Waals surface area contributed by atoms with Gasteiger partial charge in [0.1, 0.15) is 10.0 Å². The molecule has 4 nitrogen and oxygen atoms in total. The highest BCUT2D eigenvalue weighted by atomic mass is 32.2. The summed E-state index contributed by atoms with van der Waals surface area (Å²) in [4.78, 5) is 19.2. The van der Waals surface area contributed by atoms with Gasteiger partial charge in [0.25, 0.3) is 5.91 Å². The fourth-order valence-corrected chi connectivity index (χ4v) is 4.48. The molecule has 0 saturated carbocycles. The number of amides is 1. The Kier molecular flexibility index (Phi) is 6.90. The van der Waals surface area contributed by atoms with E-state index < -0.39 is 0 Å². The average Bonchev–Trinajstić information content (AvgIpc) is 3.12. The zero-order valence-electron chi connectivity index (χ0n) is 14.6. The van der Waals surface area contributed by atoms with Crippen LogP contribution in [0.15, 0.2) is 40.1 Å². The monoisotopic (exact) mass is 375 g/mol. The van der Waals surface area contributed by atoms with Crippen LogP contribution in [0.1, 0.15) is 35.3 Å². The highest BCUT2D eigenvalue weighted by Crippen LogP contribution is 2.20. The summed E-state index contributed by atoms with van der Waals surface area (Å²) < 4.78 is 0.941. The van der Waals surface area contributed by atoms with Gasteiger partial charge in [-0.2, -0.15) is 0 Å². The molecule has 1 N–H and O–H groups in total. The second-order valence-electron chi connectivity index (χ2n) is 6.41. The van der Waals surface area contributed by atoms with Crippen LogP contribution in [0.5, 0.6) is 0 Å². The maximum absolute atomic E-state index is 12.4. The van der Waals surface area contributed by atoms with E-state index in [1.807, 2.05) is 11.6 Å². The number of carbonyl (C=O) groups excluding carboxylic acids is 1. The summed E-state index contributed by atoms with van der Waals surface area (Å²) >= 11 is 3.11. The Balaban J connectivity index is 1.43. The lowest BCUT2D eigenvalue weighted by Crippen LogP contribution is -2.48. The largest absolute Gasteiger partial charge is 0.347 e. The first kappa shape index (κ1) is 18.4. The third kappa shape index (κ3) is 5.56. The van der Waals surface area contributed by atoms with Crippen molar-refractivity contribution < 1.29 is 4.79 Å². The third-order valence-corrected chi connectivity index (χ3v) is 6.38. The molecule has 1 aromatic heterocycles. The summed E-state index contributed by atoms with van der Waals surface area (Å²) in [5, 5.41) is 5.01. The number of hydrogen-bond donors (Lipinski definition) is 1. The molecule has 2 heterocycles. The zero-order valence-corrected chi connectivity index (χ0v) is 16.2. The number of piperidine rings is 1. The Morgan fingerprint density at radius 3 is 3.00 bits per heavy atom. The molecular formula is C19H25N3OS2. The van der Waals surface area contributed by atoms with Gasteiger partial charge in [0.2, 0.25) is 0 Å². The highest BCUT2D eigenvalue weighted by molar-refractivity contribution is 8.00. The van der Waals surface area contributed by atoms with Gasteiger partial charge in [0.05, 0.1) is 0 Å². The molecule has 0 radical (unpaired) electrons. The summed E-state index contributed by atoms with van der Waals surface area (Å²) in [5.41, 5.74) is 1.95. The maximum atomic E-state index is 12.4. The molecule has 1 atom stereocenters. The molecule has 1 aliphatic heterocycles. The van der Waals surface area contributed by atoms with Crippen LogP contribution in [0, 0.1) is 0 Å². The number of thiazole rings is 1. The van der Waals surface area contributed by atoms with E-state index in [2.05, 4.69) is 45.5 Å². The van der Waals surface area contributed by atoms with Gasteiger partial charge >= 0.3 is 0 Å². The van der Waals surface area contributed by atoms with Crippen LogP contribution in [-0.2, 0) is 6.42 Å². The summed E-state index contributed by atoms with van der Waals surface area (Å²) in [6, 6.07) is 10.9. The molecule has 3 rings (SSSR count). The zero-order chi connectivity index (χ0) is 17.5. The van der Waals surface area contributed by atoms with Crippen molar-refractivity contribution in [2.24, 2.45) is 0 Å². The smallest absolute Gasteiger partial charge is 0.271 e. The lowest BCUT2D eigenvalue weighted by atomic mass is 10.0. The van der Waals surface area contributed by atoms with Crippen molar-refractivity contribution in [3.8, 4) is 0 Å². The van der Waals surface area contributed by atoms with E-state index in [0.717, 1.165) is 49.7 Å². The minimum atomic E-state index is -0.0346. The molecule has 25 heavy (non-hydrogen) atoms. The Labute approximate surface area is 158 Å². The van der Waals surface area contributed by atoms with Crippen molar-refractivity contribution >= 4 is 29.0 Å². The predicted molar refractivity (Wildman–Crippen MR) is 106 cm³/mol. The van der Waals surface area contributed by atoms with Crippen LogP contribution in [0.25, 0.3) is 0 Å². The number of thioether (sulfide) groups is 1. The number of carbonyl (C=O) groups is 1. The van der Waals surface area contributed by atoms with E-state index >= 15 is 0 Å². The van der Waals surface area contributed by atoms with Crippen molar-refractivity contribution in [1.29, 1.82) is 0 Å². The summed E-state index contributed by atoms with van der Waals surface area (Å²) in [6.07, 6.45) is 6.46. The van der Waals surface area contributed by atoms with E-state index in [4.69, 9.17) is 0 Å². The lowest BCUT2D eigenvalue weighted by molar-refractivity contribution is 0.0898. The molecule has 0 bridgehead atoms. The minimum Gasteiger partial charge on any atom is -0.347 e. The van der Waals surface area contributed by atoms with Crippen LogP contribution >= 0.6 is 23.1 Å². The second-order valence-corrected chi connectivity index (χ2v) is 8.32. The lowest BCUT2D eigenvalue weighted by Gasteiger charge is -2.33. The molecule has 2 aromatic rings. The number of likely N-dealkylation sites (tertiary alicyclic amines) is 1. The van der Waals surface area contributed by atoms with E-state index in [9.17, 15) is 4.79 Å². The quantitative estimate of drug-likeness (QED) is 0.750. The maximum Gasteiger partial charge on any atom is 0.271 e. The Bertz CT molecular complexity index is 674. The van der Waals surface area contributed by atoms with Crippen molar-refractivity contribution in [3.05, 3.63) is 47.0 Å². The van der Waals surface area contributed by atoms with Gasteiger partial charge in [-0.05, 0) is 50.6 Å². The SMILES string of the molecule is CSc1nc(C(=O)NC2CCCN(CCCc3ccccc3)C2)cs1. The van der Waals surface area contributed by atoms with Gasteiger partial charge in [-0.25, -0.2) is 4.98 Å². The predicted octanol–water partition coefficient (Wildman–Crippen LogP) is 3.69. The van der Waals surface area contributed by atoms with Crippen LogP contribution < -0.4 is 5.32 Å². The summed E-state index contributed by atoms with van der Waals surface area (Å²) in [5.74, 6) is -0.0346. The van der Waals surface area contributed by atoms with E-state index in [0.29, 0.717) is 5.69 Å². The number of hydrogen-bond acceptors (Lipinski definition) is 5. The Hall–Kier alpha value is -1.37. The van der Waals surface area contributed by atoms with Gasteiger partial charge < -0.3 is 10.2 Å². The number of nitrogens with one attached hydrogen (secondary N) is 1. The molecule has 1 saturated heterocycles. The van der Waals surface area contributed by atoms with Gasteiger partial charge in [0.15, 0.2) is 0 Å². The molecule has 0 aliphatic carbocycles. The molecule has 1 unspecified atom stereocenters. The van der Waals surface area contributed by atoms with E-state index in [1.165, 1.54) is 16.9 Å². The normalized spacial score (nSPS) is 18.2. The first-order valence-corrected chi connectivity index (χ1v) is 10.9. The number of nitrogens with zero attached hydrogens (tertiary/aromatic N) is 2. The average molecular weight is 376 g/mol. The number of aromatic nitrogens is 1. The van der Waals surface area contributed by atoms with Gasteiger partial charge in [-0.3, -0.25) is 4.79 Å². The minimum absolute atomic E-state index is 0.0346. The number of rotatable bonds is 7. The Morgan fingerprint density at radius 1 is 1.40 bits per heavy atom. The molecule has 1 aliphatic rings. The summed E-state index contributed by atoms with van der Waals surface area (Å²) in [6.45, 7) is 3.17. The molecule has 0 spiro atoms. The highest BCUT2D eigenvalue weighted by Gasteiger charge is 2.22. The van der Waals surface area contributed by atoms with Crippen molar-refractivity contribution in [2.75, 3.05) is 25.9 Å². The van der Waals surface area contributed by atoms with Crippen molar-refractivity contribution in [2.45, 2.75) is 36.1 Å². The van der Waals surface area contributed by atoms with Gasteiger partial charge in [-0.1, -0.05) is 42.1 Å². The van der Waals surface area contributed by atoms with Crippen LogP contribution in [0.2, 0.25) is 0 Å². The number of aryl methyl sites for hydroxylation is 1. The van der Waals surface area contributed by atoms with Crippen LogP contribution in [-0.4, -0.2) is 47.7 Å². The van der Waals surface area contributed by atoms with Gasteiger partial charge in [-0.15, -0.1) is 11.3 Å².